The van der Waals surface area contributed by atoms with Crippen LogP contribution in [0.5, 0.6) is 0 Å². The zero-order valence-corrected chi connectivity index (χ0v) is 17.1. The highest BCUT2D eigenvalue weighted by Crippen LogP contribution is 2.37. The molecule has 0 saturated heterocycles. The highest BCUT2D eigenvalue weighted by atomic mass is 16.1. The lowest BCUT2D eigenvalue weighted by Gasteiger charge is -2.34. The summed E-state index contributed by atoms with van der Waals surface area (Å²) in [6, 6.07) is 24.5. The molecule has 5 heteroatoms. The monoisotopic (exact) mass is 414 g/mol. The second kappa shape index (κ2) is 8.29. The van der Waals surface area contributed by atoms with Gasteiger partial charge in [0.15, 0.2) is 0 Å². The van der Waals surface area contributed by atoms with Gasteiger partial charge in [-0.2, -0.15) is 5.26 Å². The number of anilines is 1. The van der Waals surface area contributed by atoms with E-state index in [9.17, 15) is 10.1 Å². The topological polar surface area (TPSA) is 69.9 Å². The number of aldehydes is 1. The van der Waals surface area contributed by atoms with Crippen LogP contribution in [-0.4, -0.2) is 22.3 Å². The average Bonchev–Trinajstić information content (AvgIpc) is 2.88. The number of rotatable bonds is 4. The van der Waals surface area contributed by atoms with E-state index in [1.807, 2.05) is 83.9 Å². The summed E-state index contributed by atoms with van der Waals surface area (Å²) in [5, 5.41) is 10.7. The summed E-state index contributed by atoms with van der Waals surface area (Å²) in [6.45, 7) is 0. The van der Waals surface area contributed by atoms with E-state index in [-0.39, 0.29) is 0 Å². The number of para-hydroxylation sites is 1. The number of allylic oxidation sites excluding steroid dienone is 2. The molecule has 0 amide bonds. The highest BCUT2D eigenvalue weighted by molar-refractivity contribution is 6.02. The van der Waals surface area contributed by atoms with Gasteiger partial charge in [-0.15, -0.1) is 0 Å². The maximum absolute atomic E-state index is 12.5. The molecule has 1 atom stereocenters. The molecule has 1 aliphatic heterocycles. The fourth-order valence-corrected chi connectivity index (χ4v) is 4.07. The van der Waals surface area contributed by atoms with Crippen LogP contribution < -0.4 is 4.90 Å². The minimum atomic E-state index is -0.621. The van der Waals surface area contributed by atoms with Crippen molar-refractivity contribution in [2.45, 2.75) is 6.04 Å². The van der Waals surface area contributed by atoms with Gasteiger partial charge in [-0.3, -0.25) is 9.97 Å². The summed E-state index contributed by atoms with van der Waals surface area (Å²) in [7, 11) is 0. The molecule has 5 rings (SSSR count). The van der Waals surface area contributed by atoms with Gasteiger partial charge in [0.2, 0.25) is 0 Å². The Kier molecular flexibility index (Phi) is 5.03. The normalized spacial score (nSPS) is 15.6. The first-order valence-electron chi connectivity index (χ1n) is 10.2. The first kappa shape index (κ1) is 19.4. The van der Waals surface area contributed by atoms with E-state index in [2.05, 4.69) is 16.0 Å². The molecule has 2 aromatic carbocycles. The SMILES string of the molecule is N#Cc1ccccc1C1=CC(c2ccccn2)=CN(c2cccc3cccnc23)C1C=O. The number of carbonyl (C=O) groups is 1. The Balaban J connectivity index is 1.77. The van der Waals surface area contributed by atoms with E-state index < -0.39 is 6.04 Å². The molecule has 152 valence electrons. The molecule has 0 N–H and O–H groups in total. The first-order valence-corrected chi connectivity index (χ1v) is 10.2. The van der Waals surface area contributed by atoms with Gasteiger partial charge in [-0.05, 0) is 47.5 Å². The number of aromatic nitrogens is 2. The van der Waals surface area contributed by atoms with Crippen molar-refractivity contribution in [3.05, 3.63) is 114 Å². The van der Waals surface area contributed by atoms with Gasteiger partial charge in [-0.25, -0.2) is 0 Å². The molecule has 0 fully saturated rings. The summed E-state index contributed by atoms with van der Waals surface area (Å²) in [4.78, 5) is 23.5. The largest absolute Gasteiger partial charge is 0.331 e. The molecule has 2 aromatic heterocycles. The van der Waals surface area contributed by atoms with Crippen molar-refractivity contribution >= 4 is 34.0 Å². The van der Waals surface area contributed by atoms with E-state index in [0.29, 0.717) is 5.56 Å². The number of carbonyl (C=O) groups excluding carboxylic acids is 1. The Bertz CT molecular complexity index is 1410. The van der Waals surface area contributed by atoms with Crippen molar-refractivity contribution in [2.75, 3.05) is 4.90 Å². The number of hydrogen-bond donors (Lipinski definition) is 0. The number of fused-ring (bicyclic) bond motifs is 1. The van der Waals surface area contributed by atoms with Gasteiger partial charge < -0.3 is 9.69 Å². The molecule has 3 heterocycles. The van der Waals surface area contributed by atoms with Crippen molar-refractivity contribution in [1.82, 2.24) is 9.97 Å². The lowest BCUT2D eigenvalue weighted by atomic mass is 9.89. The fourth-order valence-electron chi connectivity index (χ4n) is 4.07. The van der Waals surface area contributed by atoms with Gasteiger partial charge in [0.05, 0.1) is 28.5 Å². The first-order chi connectivity index (χ1) is 15.8. The van der Waals surface area contributed by atoms with Gasteiger partial charge >= 0.3 is 0 Å². The quantitative estimate of drug-likeness (QED) is 0.439. The van der Waals surface area contributed by atoms with Gasteiger partial charge in [0, 0.05) is 29.6 Å². The Morgan fingerprint density at radius 1 is 0.906 bits per heavy atom. The van der Waals surface area contributed by atoms with Crippen LogP contribution in [-0.2, 0) is 4.79 Å². The van der Waals surface area contributed by atoms with Crippen LogP contribution in [0.25, 0.3) is 22.0 Å². The van der Waals surface area contributed by atoms with Gasteiger partial charge in [-0.1, -0.05) is 42.5 Å². The maximum atomic E-state index is 12.5. The van der Waals surface area contributed by atoms with Crippen LogP contribution in [0.4, 0.5) is 5.69 Å². The molecule has 0 bridgehead atoms. The fraction of sp³-hybridized carbons (Fsp3) is 0.0370. The predicted octanol–water partition coefficient (Wildman–Crippen LogP) is 5.01. The summed E-state index contributed by atoms with van der Waals surface area (Å²) >= 11 is 0. The van der Waals surface area contributed by atoms with E-state index in [0.717, 1.165) is 45.3 Å². The molecular weight excluding hydrogens is 396 g/mol. The summed E-state index contributed by atoms with van der Waals surface area (Å²) in [5.74, 6) is 0. The highest BCUT2D eigenvalue weighted by Gasteiger charge is 2.29. The van der Waals surface area contributed by atoms with E-state index in [4.69, 9.17) is 0 Å². The van der Waals surface area contributed by atoms with E-state index >= 15 is 0 Å². The zero-order chi connectivity index (χ0) is 21.9. The van der Waals surface area contributed by atoms with Gasteiger partial charge in [0.1, 0.15) is 12.3 Å². The molecular formula is C27H18N4O. The molecule has 1 unspecified atom stereocenters. The maximum Gasteiger partial charge on any atom is 0.147 e. The molecule has 1 aliphatic rings. The minimum absolute atomic E-state index is 0.517. The standard InChI is InChI=1S/C27H18N4O/c28-16-20-7-1-2-10-22(20)23-15-21(24-11-3-4-13-29-24)17-31(26(23)18-32)25-12-5-8-19-9-6-14-30-27(19)25/h1-15,17-18,26H. The Morgan fingerprint density at radius 2 is 1.72 bits per heavy atom. The minimum Gasteiger partial charge on any atom is -0.331 e. The summed E-state index contributed by atoms with van der Waals surface area (Å²) in [5.41, 5.74) is 5.23. The molecule has 0 aliphatic carbocycles. The summed E-state index contributed by atoms with van der Waals surface area (Å²) < 4.78 is 0. The number of nitrogens with zero attached hydrogens (tertiary/aromatic N) is 4. The smallest absolute Gasteiger partial charge is 0.147 e. The Hall–Kier alpha value is -4.56. The van der Waals surface area contributed by atoms with Gasteiger partial charge in [0.25, 0.3) is 0 Å². The van der Waals surface area contributed by atoms with Crippen molar-refractivity contribution in [2.24, 2.45) is 0 Å². The molecule has 4 aromatic rings. The van der Waals surface area contributed by atoms with Crippen LogP contribution >= 0.6 is 0 Å². The Labute approximate surface area is 185 Å². The van der Waals surface area contributed by atoms with Crippen LogP contribution in [0.1, 0.15) is 16.8 Å². The van der Waals surface area contributed by atoms with Crippen molar-refractivity contribution < 1.29 is 4.79 Å². The van der Waals surface area contributed by atoms with E-state index in [1.54, 1.807) is 18.5 Å². The molecule has 0 spiro atoms. The second-order valence-corrected chi connectivity index (χ2v) is 7.40. The molecule has 0 radical (unpaired) electrons. The van der Waals surface area contributed by atoms with Crippen molar-refractivity contribution in [1.29, 1.82) is 5.26 Å². The lowest BCUT2D eigenvalue weighted by molar-refractivity contribution is -0.107. The third-order valence-electron chi connectivity index (χ3n) is 5.55. The number of hydrogen-bond acceptors (Lipinski definition) is 5. The molecule has 5 nitrogen and oxygen atoms in total. The third kappa shape index (κ3) is 3.34. The third-order valence-corrected chi connectivity index (χ3v) is 5.55. The number of pyridine rings is 2. The number of benzene rings is 2. The van der Waals surface area contributed by atoms with Crippen molar-refractivity contribution in [3.63, 3.8) is 0 Å². The molecule has 32 heavy (non-hydrogen) atoms. The van der Waals surface area contributed by atoms with Crippen LogP contribution in [0.3, 0.4) is 0 Å². The lowest BCUT2D eigenvalue weighted by Crippen LogP contribution is -2.36. The summed E-state index contributed by atoms with van der Waals surface area (Å²) in [6.07, 6.45) is 8.28. The van der Waals surface area contributed by atoms with Crippen LogP contribution in [0.2, 0.25) is 0 Å². The van der Waals surface area contributed by atoms with Crippen molar-refractivity contribution in [3.8, 4) is 6.07 Å². The number of nitriles is 1. The predicted molar refractivity (Wildman–Crippen MR) is 125 cm³/mol. The van der Waals surface area contributed by atoms with E-state index in [1.165, 1.54) is 0 Å². The molecule has 0 saturated carbocycles. The Morgan fingerprint density at radius 3 is 2.53 bits per heavy atom. The van der Waals surface area contributed by atoms with Crippen LogP contribution in [0.15, 0.2) is 97.5 Å². The second-order valence-electron chi connectivity index (χ2n) is 7.40. The average molecular weight is 414 g/mol. The zero-order valence-electron chi connectivity index (χ0n) is 17.1. The van der Waals surface area contributed by atoms with Crippen LogP contribution in [0, 0.1) is 11.3 Å².